The summed E-state index contributed by atoms with van der Waals surface area (Å²) in [6.45, 7) is 0. The first-order valence-corrected chi connectivity index (χ1v) is 2.34. The van der Waals surface area contributed by atoms with E-state index in [0.717, 1.165) is 0 Å². The number of pyridine rings is 1. The fourth-order valence-electron chi connectivity index (χ4n) is 0.342. The first kappa shape index (κ1) is 4.60. The maximum Gasteiger partial charge on any atom is 0.129 e. The predicted octanol–water partition coefficient (Wildman–Crippen LogP) is 1.73. The monoisotopic (exact) mass is 118 g/mol. The minimum absolute atomic E-state index is 0.544. The van der Waals surface area contributed by atoms with E-state index in [-0.39, 0.29) is 0 Å². The first-order valence-electron chi connectivity index (χ1n) is 1.96. The van der Waals surface area contributed by atoms with Crippen LogP contribution in [0.1, 0.15) is 0 Å². The van der Waals surface area contributed by atoms with E-state index in [1.807, 2.05) is 12.1 Å². The number of halogens is 1. The van der Waals surface area contributed by atoms with Gasteiger partial charge in [0.2, 0.25) is 0 Å². The molecule has 0 atom stereocenters. The Kier molecular flexibility index (Phi) is 1.27. The van der Waals surface area contributed by atoms with Crippen LogP contribution in [0.5, 0.6) is 0 Å². The van der Waals surface area contributed by atoms with Crippen molar-refractivity contribution in [3.05, 3.63) is 29.5 Å². The molecule has 0 aliphatic carbocycles. The third kappa shape index (κ3) is 1.16. The lowest BCUT2D eigenvalue weighted by Gasteiger charge is -1.79. The minimum Gasteiger partial charge on any atom is -0.245 e. The van der Waals surface area contributed by atoms with Gasteiger partial charge in [-0.3, -0.25) is 0 Å². The molecule has 0 radical (unpaired) electrons. The Bertz CT molecular complexity index is 138. The van der Waals surface area contributed by atoms with Gasteiger partial charge in [0.15, 0.2) is 0 Å². The second kappa shape index (κ2) is 1.94. The summed E-state index contributed by atoms with van der Waals surface area (Å²) in [6, 6.07) is 5.41. The molecule has 0 aliphatic rings. The largest absolute Gasteiger partial charge is 0.245 e. The Morgan fingerprint density at radius 1 is 1.43 bits per heavy atom. The number of hydrogen-bond donors (Lipinski definition) is 0. The smallest absolute Gasteiger partial charge is 0.129 e. The van der Waals surface area contributed by atoms with Gasteiger partial charge in [0.25, 0.3) is 0 Å². The molecule has 0 unspecified atom stereocenters. The van der Waals surface area contributed by atoms with Crippen LogP contribution >= 0.6 is 11.6 Å². The summed E-state index contributed by atoms with van der Waals surface area (Å²) < 4.78 is 0. The molecule has 0 saturated carbocycles. The van der Waals surface area contributed by atoms with Gasteiger partial charge in [-0.2, -0.15) is 0 Å². The first-order chi connectivity index (χ1) is 3.39. The maximum absolute atomic E-state index is 5.43. The summed E-state index contributed by atoms with van der Waals surface area (Å²) in [7, 11) is 0. The highest BCUT2D eigenvalue weighted by atomic mass is 35.5. The lowest BCUT2D eigenvalue weighted by atomic mass is 11.5. The van der Waals surface area contributed by atoms with Gasteiger partial charge in [0.1, 0.15) is 5.15 Å². The average Bonchev–Trinajstić information content (AvgIpc) is 1.69. The van der Waals surface area contributed by atoms with E-state index in [9.17, 15) is 0 Å². The highest BCUT2D eigenvalue weighted by Gasteiger charge is 1.76. The van der Waals surface area contributed by atoms with E-state index in [1.54, 1.807) is 12.3 Å². The van der Waals surface area contributed by atoms with E-state index in [0.29, 0.717) is 5.15 Å². The van der Waals surface area contributed by atoms with Gasteiger partial charge < -0.3 is 0 Å². The van der Waals surface area contributed by atoms with E-state index in [1.165, 1.54) is 0 Å². The molecular formula is C5H4ClN. The van der Waals surface area contributed by atoms with Gasteiger partial charge in [0, 0.05) is 6.20 Å². The third-order valence-corrected chi connectivity index (χ3v) is 0.852. The fraction of sp³-hybridized carbons (Fsp3) is 0. The van der Waals surface area contributed by atoms with Crippen molar-refractivity contribution in [2.45, 2.75) is 0 Å². The zero-order valence-electron chi connectivity index (χ0n) is 3.63. The van der Waals surface area contributed by atoms with E-state index < -0.39 is 0 Å². The number of hydrogen-bond acceptors (Lipinski definition) is 1. The summed E-state index contributed by atoms with van der Waals surface area (Å²) in [6.07, 6.45) is 1.66. The molecule has 1 aromatic heterocycles. The molecule has 0 bridgehead atoms. The molecule has 0 amide bonds. The van der Waals surface area contributed by atoms with Crippen molar-refractivity contribution in [3.63, 3.8) is 0 Å². The van der Waals surface area contributed by atoms with Crippen LogP contribution in [-0.4, -0.2) is 4.98 Å². The van der Waals surface area contributed by atoms with Gasteiger partial charge in [0.05, 0.1) is 0 Å². The van der Waals surface area contributed by atoms with Gasteiger partial charge in [-0.25, -0.2) is 4.98 Å². The van der Waals surface area contributed by atoms with Crippen LogP contribution in [0, 0.1) is 0 Å². The predicted molar refractivity (Wildman–Crippen MR) is 29.2 cm³/mol. The number of nitrogens with zero attached hydrogens (tertiary/aromatic N) is 1. The third-order valence-electron chi connectivity index (χ3n) is 0.629. The van der Waals surface area contributed by atoms with Crippen LogP contribution in [0.2, 0.25) is 5.15 Å². The molecular weight excluding hydrogens is 114 g/mol. The molecule has 1 heterocycles. The summed E-state index contributed by atoms with van der Waals surface area (Å²) in [5, 5.41) is 0.544. The van der Waals surface area contributed by atoms with E-state index in [4.69, 9.17) is 11.6 Å². The Balaban J connectivity index is 3.02. The Hall–Kier alpha value is -0.560. The second-order valence-corrected chi connectivity index (χ2v) is 1.54. The summed E-state index contributed by atoms with van der Waals surface area (Å²) in [5.74, 6) is 0. The topological polar surface area (TPSA) is 12.9 Å². The lowest BCUT2D eigenvalue weighted by Crippen LogP contribution is -1.65. The van der Waals surface area contributed by atoms with Crippen LogP contribution in [0.25, 0.3) is 0 Å². The molecule has 0 saturated heterocycles. The molecule has 7 heavy (non-hydrogen) atoms. The molecule has 0 aliphatic heterocycles. The Morgan fingerprint density at radius 2 is 2.29 bits per heavy atom. The molecule has 0 spiro atoms. The normalized spacial score (nSPS) is 8.71. The zero-order chi connectivity index (χ0) is 5.11. The van der Waals surface area contributed by atoms with Crippen molar-refractivity contribution in [1.82, 2.24) is 4.98 Å². The molecule has 1 rings (SSSR count). The highest BCUT2D eigenvalue weighted by molar-refractivity contribution is 6.29. The Labute approximate surface area is 47.0 Å². The van der Waals surface area contributed by atoms with Gasteiger partial charge in [-0.1, -0.05) is 17.7 Å². The van der Waals surface area contributed by atoms with E-state index in [2.05, 4.69) is 4.98 Å². The second-order valence-electron chi connectivity index (χ2n) is 1.15. The average molecular weight is 119 g/mol. The van der Waals surface area contributed by atoms with Crippen molar-refractivity contribution >= 4 is 11.6 Å². The SMILES string of the molecule is Cl[13c]1[13cH][13cH][13cH][13cH]n1. The molecule has 36 valence electrons. The van der Waals surface area contributed by atoms with Crippen molar-refractivity contribution in [2.75, 3.05) is 0 Å². The van der Waals surface area contributed by atoms with Gasteiger partial charge in [-0.15, -0.1) is 0 Å². The molecule has 1 aromatic rings. The highest BCUT2D eigenvalue weighted by Crippen LogP contribution is 1.98. The molecule has 2 heteroatoms. The zero-order valence-corrected chi connectivity index (χ0v) is 4.39. The van der Waals surface area contributed by atoms with Crippen LogP contribution < -0.4 is 0 Å². The Morgan fingerprint density at radius 3 is 2.57 bits per heavy atom. The van der Waals surface area contributed by atoms with Crippen molar-refractivity contribution in [2.24, 2.45) is 0 Å². The van der Waals surface area contributed by atoms with Crippen LogP contribution in [0.3, 0.4) is 0 Å². The molecule has 1 nitrogen and oxygen atoms in total. The summed E-state index contributed by atoms with van der Waals surface area (Å²) in [5.41, 5.74) is 0. The van der Waals surface area contributed by atoms with Crippen molar-refractivity contribution in [3.8, 4) is 0 Å². The number of rotatable bonds is 0. The van der Waals surface area contributed by atoms with Crippen molar-refractivity contribution < 1.29 is 0 Å². The maximum atomic E-state index is 5.43. The molecule has 0 fully saturated rings. The van der Waals surface area contributed by atoms with Gasteiger partial charge >= 0.3 is 0 Å². The lowest BCUT2D eigenvalue weighted by molar-refractivity contribution is 1.33. The van der Waals surface area contributed by atoms with Gasteiger partial charge in [-0.05, 0) is 12.1 Å². The summed E-state index contributed by atoms with van der Waals surface area (Å²) in [4.78, 5) is 3.74. The van der Waals surface area contributed by atoms with Crippen LogP contribution in [-0.2, 0) is 0 Å². The summed E-state index contributed by atoms with van der Waals surface area (Å²) >= 11 is 5.43. The molecule has 0 N–H and O–H groups in total. The number of aromatic nitrogens is 1. The van der Waals surface area contributed by atoms with Crippen LogP contribution in [0.4, 0.5) is 0 Å². The van der Waals surface area contributed by atoms with E-state index >= 15 is 0 Å². The van der Waals surface area contributed by atoms with Crippen LogP contribution in [0.15, 0.2) is 24.4 Å². The minimum atomic E-state index is 0.544. The standard InChI is InChI=1S/C5H4ClN/c6-5-3-1-2-4-7-5/h1-4H/i1+1,2+1,3+1,4+1,5+1. The quantitative estimate of drug-likeness (QED) is 0.473. The fourth-order valence-corrected chi connectivity index (χ4v) is 0.471. The molecule has 0 aromatic carbocycles. The van der Waals surface area contributed by atoms with Crippen molar-refractivity contribution in [1.29, 1.82) is 0 Å².